The Hall–Kier alpha value is -1.73. The van der Waals surface area contributed by atoms with Crippen molar-refractivity contribution < 1.29 is 4.79 Å². The van der Waals surface area contributed by atoms with Crippen LogP contribution in [0.15, 0.2) is 4.79 Å². The molecule has 0 bridgehead atoms. The number of nitrogens with zero attached hydrogens (tertiary/aromatic N) is 3. The first-order valence-electron chi connectivity index (χ1n) is 7.39. The Bertz CT molecular complexity index is 759. The van der Waals surface area contributed by atoms with Gasteiger partial charge in [-0.3, -0.25) is 19.1 Å². The van der Waals surface area contributed by atoms with E-state index >= 15 is 0 Å². The van der Waals surface area contributed by atoms with Gasteiger partial charge in [-0.2, -0.15) is 0 Å². The van der Waals surface area contributed by atoms with Gasteiger partial charge in [0.25, 0.3) is 5.56 Å². The zero-order valence-electron chi connectivity index (χ0n) is 13.5. The van der Waals surface area contributed by atoms with Crippen molar-refractivity contribution in [3.8, 4) is 0 Å². The molecule has 0 saturated carbocycles. The van der Waals surface area contributed by atoms with E-state index in [0.29, 0.717) is 17.8 Å². The monoisotopic (exact) mass is 322 g/mol. The van der Waals surface area contributed by atoms with Crippen LogP contribution in [0.5, 0.6) is 0 Å². The van der Waals surface area contributed by atoms with Gasteiger partial charge in [-0.05, 0) is 32.5 Å². The quantitative estimate of drug-likeness (QED) is 0.871. The Balaban J connectivity index is 2.67. The number of aromatic nitrogens is 2. The molecule has 0 aromatic carbocycles. The SMILES string of the molecule is CCN(CC)Cc1nc2sc(C)c(C)c2c(=O)n1CC(N)=O. The number of fused-ring (bicyclic) bond motifs is 1. The fourth-order valence-electron chi connectivity index (χ4n) is 2.46. The van der Waals surface area contributed by atoms with E-state index in [2.05, 4.69) is 23.7 Å². The van der Waals surface area contributed by atoms with Crippen LogP contribution >= 0.6 is 11.3 Å². The number of hydrogen-bond acceptors (Lipinski definition) is 5. The molecule has 6 nitrogen and oxygen atoms in total. The summed E-state index contributed by atoms with van der Waals surface area (Å²) in [5, 5.41) is 0.604. The van der Waals surface area contributed by atoms with Gasteiger partial charge in [-0.1, -0.05) is 13.8 Å². The maximum atomic E-state index is 12.8. The lowest BCUT2D eigenvalue weighted by atomic mass is 10.2. The number of amides is 1. The molecule has 2 rings (SSSR count). The highest BCUT2D eigenvalue weighted by atomic mass is 32.1. The number of carbonyl (C=O) groups is 1. The first-order valence-corrected chi connectivity index (χ1v) is 8.20. The standard InChI is InChI=1S/C15H22N4O2S/c1-5-18(6-2)8-12-17-14-13(9(3)10(4)22-14)15(21)19(12)7-11(16)20/h5-8H2,1-4H3,(H2,16,20). The van der Waals surface area contributed by atoms with Crippen LogP contribution in [0.2, 0.25) is 0 Å². The summed E-state index contributed by atoms with van der Waals surface area (Å²) in [6.07, 6.45) is 0. The van der Waals surface area contributed by atoms with Crippen molar-refractivity contribution in [3.05, 3.63) is 26.6 Å². The molecule has 0 radical (unpaired) electrons. The third-order valence-electron chi connectivity index (χ3n) is 3.94. The van der Waals surface area contributed by atoms with Crippen LogP contribution < -0.4 is 11.3 Å². The molecule has 22 heavy (non-hydrogen) atoms. The Morgan fingerprint density at radius 3 is 2.50 bits per heavy atom. The highest BCUT2D eigenvalue weighted by Gasteiger charge is 2.18. The van der Waals surface area contributed by atoms with Crippen LogP contribution in [0.1, 0.15) is 30.1 Å². The van der Waals surface area contributed by atoms with Gasteiger partial charge in [0.1, 0.15) is 17.2 Å². The second kappa shape index (κ2) is 6.58. The van der Waals surface area contributed by atoms with Crippen molar-refractivity contribution >= 4 is 27.5 Å². The first-order chi connectivity index (χ1) is 10.4. The van der Waals surface area contributed by atoms with Crippen LogP contribution in [0.25, 0.3) is 10.2 Å². The highest BCUT2D eigenvalue weighted by Crippen LogP contribution is 2.26. The summed E-state index contributed by atoms with van der Waals surface area (Å²) in [7, 11) is 0. The summed E-state index contributed by atoms with van der Waals surface area (Å²) in [5.41, 5.74) is 6.07. The van der Waals surface area contributed by atoms with Gasteiger partial charge in [0.15, 0.2) is 0 Å². The number of rotatable bonds is 6. The topological polar surface area (TPSA) is 81.2 Å². The summed E-state index contributed by atoms with van der Waals surface area (Å²) in [6, 6.07) is 0. The largest absolute Gasteiger partial charge is 0.368 e. The number of hydrogen-bond donors (Lipinski definition) is 1. The van der Waals surface area contributed by atoms with E-state index in [1.165, 1.54) is 15.9 Å². The summed E-state index contributed by atoms with van der Waals surface area (Å²) in [5.74, 6) is 0.0647. The van der Waals surface area contributed by atoms with Crippen molar-refractivity contribution in [3.63, 3.8) is 0 Å². The molecule has 0 spiro atoms. The lowest BCUT2D eigenvalue weighted by Gasteiger charge is -2.20. The molecular formula is C15H22N4O2S. The fourth-order valence-corrected chi connectivity index (χ4v) is 3.49. The number of nitrogens with two attached hydrogens (primary N) is 1. The first kappa shape index (κ1) is 16.6. The second-order valence-corrected chi connectivity index (χ2v) is 6.51. The lowest BCUT2D eigenvalue weighted by molar-refractivity contribution is -0.118. The molecule has 0 fully saturated rings. The minimum absolute atomic E-state index is 0.132. The van der Waals surface area contributed by atoms with Gasteiger partial charge in [0.05, 0.1) is 11.9 Å². The molecule has 2 aromatic rings. The zero-order chi connectivity index (χ0) is 16.4. The predicted molar refractivity (Wildman–Crippen MR) is 89.2 cm³/mol. The summed E-state index contributed by atoms with van der Waals surface area (Å²) in [4.78, 5) is 32.7. The molecule has 1 amide bonds. The van der Waals surface area contributed by atoms with Crippen LogP contribution in [0, 0.1) is 13.8 Å². The van der Waals surface area contributed by atoms with E-state index in [9.17, 15) is 9.59 Å². The van der Waals surface area contributed by atoms with Crippen molar-refractivity contribution in [2.45, 2.75) is 40.8 Å². The molecule has 2 aromatic heterocycles. The second-order valence-electron chi connectivity index (χ2n) is 5.31. The van der Waals surface area contributed by atoms with Gasteiger partial charge in [0.2, 0.25) is 5.91 Å². The van der Waals surface area contributed by atoms with E-state index in [0.717, 1.165) is 28.4 Å². The molecule has 0 aliphatic rings. The number of aryl methyl sites for hydroxylation is 2. The van der Waals surface area contributed by atoms with E-state index < -0.39 is 5.91 Å². The highest BCUT2D eigenvalue weighted by molar-refractivity contribution is 7.18. The Morgan fingerprint density at radius 1 is 1.32 bits per heavy atom. The van der Waals surface area contributed by atoms with E-state index in [1.54, 1.807) is 0 Å². The maximum Gasteiger partial charge on any atom is 0.263 e. The van der Waals surface area contributed by atoms with Crippen LogP contribution in [0.4, 0.5) is 0 Å². The van der Waals surface area contributed by atoms with E-state index in [-0.39, 0.29) is 12.1 Å². The van der Waals surface area contributed by atoms with Crippen LogP contribution in [-0.2, 0) is 17.9 Å². The Kier molecular flexibility index (Phi) is 4.97. The maximum absolute atomic E-state index is 12.8. The molecule has 2 N–H and O–H groups in total. The third kappa shape index (κ3) is 3.05. The van der Waals surface area contributed by atoms with Crippen molar-refractivity contribution in [1.29, 1.82) is 0 Å². The summed E-state index contributed by atoms with van der Waals surface area (Å²) in [6.45, 7) is 10.1. The smallest absolute Gasteiger partial charge is 0.263 e. The van der Waals surface area contributed by atoms with Gasteiger partial charge in [-0.15, -0.1) is 11.3 Å². The Morgan fingerprint density at radius 2 is 1.95 bits per heavy atom. The zero-order valence-corrected chi connectivity index (χ0v) is 14.3. The summed E-state index contributed by atoms with van der Waals surface area (Å²) >= 11 is 1.52. The van der Waals surface area contributed by atoms with Crippen molar-refractivity contribution in [1.82, 2.24) is 14.5 Å². The van der Waals surface area contributed by atoms with Crippen LogP contribution in [-0.4, -0.2) is 33.4 Å². The number of carbonyl (C=O) groups excluding carboxylic acids is 1. The fraction of sp³-hybridized carbons (Fsp3) is 0.533. The van der Waals surface area contributed by atoms with E-state index in [1.807, 2.05) is 13.8 Å². The molecule has 0 aliphatic carbocycles. The van der Waals surface area contributed by atoms with Gasteiger partial charge in [0, 0.05) is 4.88 Å². The normalized spacial score (nSPS) is 11.5. The molecule has 7 heteroatoms. The van der Waals surface area contributed by atoms with Crippen molar-refractivity contribution in [2.24, 2.45) is 5.73 Å². The minimum atomic E-state index is -0.534. The van der Waals surface area contributed by atoms with Gasteiger partial charge in [-0.25, -0.2) is 4.98 Å². The van der Waals surface area contributed by atoms with Crippen molar-refractivity contribution in [2.75, 3.05) is 13.1 Å². The van der Waals surface area contributed by atoms with Gasteiger partial charge >= 0.3 is 0 Å². The van der Waals surface area contributed by atoms with Gasteiger partial charge < -0.3 is 5.73 Å². The average molecular weight is 322 g/mol. The van der Waals surface area contributed by atoms with E-state index in [4.69, 9.17) is 5.73 Å². The molecule has 0 atom stereocenters. The third-order valence-corrected chi connectivity index (χ3v) is 5.04. The molecule has 0 aliphatic heterocycles. The molecule has 0 saturated heterocycles. The molecular weight excluding hydrogens is 300 g/mol. The average Bonchev–Trinajstić information content (AvgIpc) is 2.75. The molecule has 2 heterocycles. The Labute approximate surface area is 133 Å². The lowest BCUT2D eigenvalue weighted by Crippen LogP contribution is -2.34. The van der Waals surface area contributed by atoms with Crippen LogP contribution in [0.3, 0.4) is 0 Å². The molecule has 0 unspecified atom stereocenters. The number of thiophene rings is 1. The summed E-state index contributed by atoms with van der Waals surface area (Å²) < 4.78 is 1.42. The minimum Gasteiger partial charge on any atom is -0.368 e. The molecule has 120 valence electrons. The predicted octanol–water partition coefficient (Wildman–Crippen LogP) is 1.40. The number of primary amides is 1.